The molecule has 16 heavy (non-hydrogen) atoms. The van der Waals surface area contributed by atoms with E-state index < -0.39 is 6.04 Å². The van der Waals surface area contributed by atoms with Gasteiger partial charge >= 0.3 is 5.97 Å². The lowest BCUT2D eigenvalue weighted by molar-refractivity contribution is -0.149. The van der Waals surface area contributed by atoms with Crippen LogP contribution in [0.15, 0.2) is 30.3 Å². The topological polar surface area (TPSA) is 52.3 Å². The van der Waals surface area contributed by atoms with Gasteiger partial charge in [0.25, 0.3) is 0 Å². The van der Waals surface area contributed by atoms with Crippen molar-refractivity contribution < 1.29 is 9.53 Å². The average molecular weight is 221 g/mol. The van der Waals surface area contributed by atoms with Gasteiger partial charge in [-0.2, -0.15) is 0 Å². The molecule has 2 N–H and O–H groups in total. The fraction of sp³-hybridized carbons (Fsp3) is 0.462. The van der Waals surface area contributed by atoms with E-state index in [0.29, 0.717) is 6.42 Å². The van der Waals surface area contributed by atoms with E-state index in [1.807, 2.05) is 44.2 Å². The molecular weight excluding hydrogens is 202 g/mol. The van der Waals surface area contributed by atoms with Crippen LogP contribution in [0.5, 0.6) is 0 Å². The second-order valence-corrected chi connectivity index (χ2v) is 3.95. The summed E-state index contributed by atoms with van der Waals surface area (Å²) in [5.41, 5.74) is 6.83. The normalized spacial score (nSPS) is 14.2. The zero-order valence-corrected chi connectivity index (χ0v) is 9.85. The molecule has 0 aromatic heterocycles. The van der Waals surface area contributed by atoms with Gasteiger partial charge in [-0.05, 0) is 25.3 Å². The summed E-state index contributed by atoms with van der Waals surface area (Å²) in [5.74, 6) is -0.321. The lowest BCUT2D eigenvalue weighted by Gasteiger charge is -2.15. The Morgan fingerprint density at radius 2 is 2.00 bits per heavy atom. The number of ether oxygens (including phenoxy) is 1. The van der Waals surface area contributed by atoms with Crippen molar-refractivity contribution >= 4 is 5.97 Å². The molecule has 1 aromatic carbocycles. The fourth-order valence-electron chi connectivity index (χ4n) is 1.32. The minimum Gasteiger partial charge on any atom is -0.462 e. The number of benzene rings is 1. The monoisotopic (exact) mass is 221 g/mol. The van der Waals surface area contributed by atoms with Crippen molar-refractivity contribution in [1.29, 1.82) is 0 Å². The van der Waals surface area contributed by atoms with E-state index in [1.165, 1.54) is 0 Å². The van der Waals surface area contributed by atoms with Crippen molar-refractivity contribution in [3.8, 4) is 0 Å². The SMILES string of the molecule is CCC(C)OC(=O)[C@@H](N)Cc1ccccc1. The molecule has 88 valence electrons. The number of esters is 1. The smallest absolute Gasteiger partial charge is 0.323 e. The number of carbonyl (C=O) groups is 1. The highest BCUT2D eigenvalue weighted by atomic mass is 16.5. The Bertz CT molecular complexity index is 324. The van der Waals surface area contributed by atoms with E-state index >= 15 is 0 Å². The van der Waals surface area contributed by atoms with Gasteiger partial charge in [0, 0.05) is 0 Å². The van der Waals surface area contributed by atoms with Gasteiger partial charge in [-0.1, -0.05) is 37.3 Å². The van der Waals surface area contributed by atoms with Crippen LogP contribution in [-0.2, 0) is 16.0 Å². The molecule has 0 aliphatic rings. The quantitative estimate of drug-likeness (QED) is 0.773. The van der Waals surface area contributed by atoms with E-state index in [9.17, 15) is 4.79 Å². The molecule has 0 aliphatic carbocycles. The lowest BCUT2D eigenvalue weighted by atomic mass is 10.1. The Balaban J connectivity index is 2.46. The highest BCUT2D eigenvalue weighted by molar-refractivity contribution is 5.76. The second kappa shape index (κ2) is 6.28. The molecule has 1 aromatic rings. The zero-order valence-electron chi connectivity index (χ0n) is 9.85. The first-order chi connectivity index (χ1) is 7.63. The molecule has 1 unspecified atom stereocenters. The number of hydrogen-bond acceptors (Lipinski definition) is 3. The van der Waals surface area contributed by atoms with E-state index in [-0.39, 0.29) is 12.1 Å². The summed E-state index contributed by atoms with van der Waals surface area (Å²) in [6, 6.07) is 9.14. The Hall–Kier alpha value is -1.35. The first-order valence-corrected chi connectivity index (χ1v) is 5.63. The van der Waals surface area contributed by atoms with Crippen LogP contribution in [0.25, 0.3) is 0 Å². The van der Waals surface area contributed by atoms with Crippen molar-refractivity contribution in [2.75, 3.05) is 0 Å². The van der Waals surface area contributed by atoms with Crippen molar-refractivity contribution in [2.45, 2.75) is 38.8 Å². The van der Waals surface area contributed by atoms with Gasteiger partial charge in [0.1, 0.15) is 6.04 Å². The Morgan fingerprint density at radius 3 is 2.56 bits per heavy atom. The van der Waals surface area contributed by atoms with Crippen LogP contribution in [0.4, 0.5) is 0 Å². The van der Waals surface area contributed by atoms with Crippen molar-refractivity contribution in [1.82, 2.24) is 0 Å². The molecule has 2 atom stereocenters. The Morgan fingerprint density at radius 1 is 1.38 bits per heavy atom. The maximum Gasteiger partial charge on any atom is 0.323 e. The molecule has 0 bridgehead atoms. The van der Waals surface area contributed by atoms with Crippen molar-refractivity contribution in [2.24, 2.45) is 5.73 Å². The second-order valence-electron chi connectivity index (χ2n) is 3.95. The van der Waals surface area contributed by atoms with Crippen molar-refractivity contribution in [3.63, 3.8) is 0 Å². The van der Waals surface area contributed by atoms with Gasteiger partial charge in [-0.3, -0.25) is 4.79 Å². The summed E-state index contributed by atoms with van der Waals surface area (Å²) < 4.78 is 5.17. The molecule has 3 nitrogen and oxygen atoms in total. The molecule has 1 rings (SSSR count). The minimum absolute atomic E-state index is 0.0608. The van der Waals surface area contributed by atoms with Gasteiger partial charge in [-0.25, -0.2) is 0 Å². The third kappa shape index (κ3) is 4.03. The molecule has 0 fully saturated rings. The Kier molecular flexibility index (Phi) is 4.99. The molecular formula is C13H19NO2. The van der Waals surface area contributed by atoms with E-state index in [2.05, 4.69) is 0 Å². The van der Waals surface area contributed by atoms with Crippen LogP contribution < -0.4 is 5.73 Å². The summed E-state index contributed by atoms with van der Waals surface area (Å²) in [6.07, 6.45) is 1.27. The first-order valence-electron chi connectivity index (χ1n) is 5.63. The highest BCUT2D eigenvalue weighted by Gasteiger charge is 2.17. The largest absolute Gasteiger partial charge is 0.462 e. The average Bonchev–Trinajstić information content (AvgIpc) is 2.30. The lowest BCUT2D eigenvalue weighted by Crippen LogP contribution is -2.36. The third-order valence-electron chi connectivity index (χ3n) is 2.49. The highest BCUT2D eigenvalue weighted by Crippen LogP contribution is 2.05. The number of carbonyl (C=O) groups excluding carboxylic acids is 1. The third-order valence-corrected chi connectivity index (χ3v) is 2.49. The van der Waals surface area contributed by atoms with Gasteiger partial charge in [0.2, 0.25) is 0 Å². The summed E-state index contributed by atoms with van der Waals surface area (Å²) >= 11 is 0. The van der Waals surface area contributed by atoms with E-state index in [4.69, 9.17) is 10.5 Å². The summed E-state index contributed by atoms with van der Waals surface area (Å²) in [6.45, 7) is 3.84. The summed E-state index contributed by atoms with van der Waals surface area (Å²) in [7, 11) is 0. The molecule has 0 heterocycles. The predicted octanol–water partition coefficient (Wildman–Crippen LogP) is 1.90. The molecule has 0 amide bonds. The maximum absolute atomic E-state index is 11.6. The van der Waals surface area contributed by atoms with Crippen LogP contribution in [0, 0.1) is 0 Å². The standard InChI is InChI=1S/C13H19NO2/c1-3-10(2)16-13(15)12(14)9-11-7-5-4-6-8-11/h4-8,10,12H,3,9,14H2,1-2H3/t10?,12-/m0/s1. The number of hydrogen-bond donors (Lipinski definition) is 1. The molecule has 0 saturated carbocycles. The van der Waals surface area contributed by atoms with Gasteiger partial charge in [0.15, 0.2) is 0 Å². The van der Waals surface area contributed by atoms with Crippen molar-refractivity contribution in [3.05, 3.63) is 35.9 Å². The fourth-order valence-corrected chi connectivity index (χ4v) is 1.32. The van der Waals surface area contributed by atoms with Crippen LogP contribution in [0.1, 0.15) is 25.8 Å². The van der Waals surface area contributed by atoms with Gasteiger partial charge in [0.05, 0.1) is 6.10 Å². The first kappa shape index (κ1) is 12.7. The summed E-state index contributed by atoms with van der Waals surface area (Å²) in [4.78, 5) is 11.6. The maximum atomic E-state index is 11.6. The Labute approximate surface area is 96.6 Å². The minimum atomic E-state index is -0.573. The van der Waals surface area contributed by atoms with Gasteiger partial charge in [-0.15, -0.1) is 0 Å². The van der Waals surface area contributed by atoms with E-state index in [0.717, 1.165) is 12.0 Å². The predicted molar refractivity (Wildman–Crippen MR) is 64.0 cm³/mol. The van der Waals surface area contributed by atoms with Crippen LogP contribution in [-0.4, -0.2) is 18.1 Å². The van der Waals surface area contributed by atoms with Crippen LogP contribution in [0.3, 0.4) is 0 Å². The molecule has 3 heteroatoms. The molecule has 0 aliphatic heterocycles. The summed E-state index contributed by atoms with van der Waals surface area (Å²) in [5, 5.41) is 0. The van der Waals surface area contributed by atoms with Gasteiger partial charge < -0.3 is 10.5 Å². The molecule has 0 spiro atoms. The number of rotatable bonds is 5. The van der Waals surface area contributed by atoms with Crippen LogP contribution in [0.2, 0.25) is 0 Å². The van der Waals surface area contributed by atoms with E-state index in [1.54, 1.807) is 0 Å². The molecule has 0 radical (unpaired) electrons. The molecule has 0 saturated heterocycles. The van der Waals surface area contributed by atoms with Crippen LogP contribution >= 0.6 is 0 Å². The zero-order chi connectivity index (χ0) is 12.0. The number of nitrogens with two attached hydrogens (primary N) is 1.